The van der Waals surface area contributed by atoms with Crippen LogP contribution in [-0.2, 0) is 14.2 Å². The van der Waals surface area contributed by atoms with E-state index in [1.807, 2.05) is 25.7 Å². The van der Waals surface area contributed by atoms with Crippen molar-refractivity contribution in [1.29, 1.82) is 0 Å². The molecular formula is C19H34N4O4. The molecule has 3 aliphatic rings. The highest BCUT2D eigenvalue weighted by Crippen LogP contribution is 2.37. The van der Waals surface area contributed by atoms with Crippen molar-refractivity contribution < 1.29 is 19.0 Å². The number of ether oxygens (including phenoxy) is 3. The Labute approximate surface area is 162 Å². The van der Waals surface area contributed by atoms with Gasteiger partial charge in [-0.25, -0.2) is 4.79 Å². The first-order valence-corrected chi connectivity index (χ1v) is 10.1. The summed E-state index contributed by atoms with van der Waals surface area (Å²) in [7, 11) is 0. The lowest BCUT2D eigenvalue weighted by Crippen LogP contribution is -2.53. The van der Waals surface area contributed by atoms with Crippen LogP contribution in [0, 0.1) is 0 Å². The lowest BCUT2D eigenvalue weighted by molar-refractivity contribution is -0.186. The van der Waals surface area contributed by atoms with Crippen LogP contribution in [0.4, 0.5) is 4.79 Å². The molecule has 1 atom stereocenters. The molecule has 0 radical (unpaired) electrons. The van der Waals surface area contributed by atoms with Crippen LogP contribution in [0.3, 0.4) is 0 Å². The molecule has 27 heavy (non-hydrogen) atoms. The van der Waals surface area contributed by atoms with Gasteiger partial charge >= 0.3 is 6.09 Å². The third-order valence-electron chi connectivity index (χ3n) is 5.24. The topological polar surface area (TPSA) is 89.6 Å². The van der Waals surface area contributed by atoms with Crippen molar-refractivity contribution in [2.45, 2.75) is 70.4 Å². The van der Waals surface area contributed by atoms with Crippen LogP contribution in [0.5, 0.6) is 0 Å². The Kier molecular flexibility index (Phi) is 6.15. The van der Waals surface area contributed by atoms with Crippen LogP contribution in [0.1, 0.15) is 52.9 Å². The number of piperazine rings is 1. The van der Waals surface area contributed by atoms with Crippen LogP contribution < -0.4 is 5.73 Å². The molecule has 1 amide bonds. The van der Waals surface area contributed by atoms with Crippen molar-refractivity contribution in [1.82, 2.24) is 9.80 Å². The smallest absolute Gasteiger partial charge is 0.410 e. The average Bonchev–Trinajstić information content (AvgIpc) is 3.01. The van der Waals surface area contributed by atoms with Crippen molar-refractivity contribution in [2.24, 2.45) is 10.7 Å². The van der Waals surface area contributed by atoms with E-state index >= 15 is 0 Å². The van der Waals surface area contributed by atoms with Crippen molar-refractivity contribution in [3.63, 3.8) is 0 Å². The summed E-state index contributed by atoms with van der Waals surface area (Å²) in [5.74, 6) is 0.138. The van der Waals surface area contributed by atoms with Crippen molar-refractivity contribution in [2.75, 3.05) is 39.3 Å². The number of amides is 1. The lowest BCUT2D eigenvalue weighted by Gasteiger charge is -2.36. The number of rotatable bonds is 2. The van der Waals surface area contributed by atoms with Gasteiger partial charge in [0, 0.05) is 39.0 Å². The van der Waals surface area contributed by atoms with Crippen molar-refractivity contribution >= 4 is 12.1 Å². The highest BCUT2D eigenvalue weighted by molar-refractivity contribution is 5.78. The molecule has 1 spiro atoms. The van der Waals surface area contributed by atoms with Gasteiger partial charge < -0.3 is 29.7 Å². The minimum Gasteiger partial charge on any atom is -0.444 e. The highest BCUT2D eigenvalue weighted by atomic mass is 16.7. The van der Waals surface area contributed by atoms with Gasteiger partial charge in [-0.05, 0) is 33.6 Å². The van der Waals surface area contributed by atoms with Crippen LogP contribution in [0.2, 0.25) is 0 Å². The number of nitrogens with zero attached hydrogens (tertiary/aromatic N) is 3. The molecule has 3 fully saturated rings. The third-order valence-corrected chi connectivity index (χ3v) is 5.24. The summed E-state index contributed by atoms with van der Waals surface area (Å²) in [4.78, 5) is 20.4. The molecule has 1 aliphatic carbocycles. The van der Waals surface area contributed by atoms with Gasteiger partial charge in [0.25, 0.3) is 0 Å². The first-order valence-electron chi connectivity index (χ1n) is 10.1. The summed E-state index contributed by atoms with van der Waals surface area (Å²) in [6, 6.07) is 0. The van der Waals surface area contributed by atoms with Crippen LogP contribution in [-0.4, -0.2) is 78.7 Å². The van der Waals surface area contributed by atoms with E-state index in [2.05, 4.69) is 4.99 Å². The van der Waals surface area contributed by atoms with Gasteiger partial charge in [-0.1, -0.05) is 6.42 Å². The predicted octanol–water partition coefficient (Wildman–Crippen LogP) is 1.93. The largest absolute Gasteiger partial charge is 0.444 e. The molecule has 1 unspecified atom stereocenters. The Morgan fingerprint density at radius 2 is 1.78 bits per heavy atom. The Hall–Kier alpha value is -1.54. The van der Waals surface area contributed by atoms with Gasteiger partial charge in [-0.15, -0.1) is 0 Å². The van der Waals surface area contributed by atoms with E-state index in [1.54, 1.807) is 4.90 Å². The van der Waals surface area contributed by atoms with Gasteiger partial charge in [-0.2, -0.15) is 0 Å². The van der Waals surface area contributed by atoms with Crippen LogP contribution in [0.15, 0.2) is 4.99 Å². The maximum Gasteiger partial charge on any atom is 0.410 e. The Bertz CT molecular complexity index is 546. The molecule has 8 nitrogen and oxygen atoms in total. The summed E-state index contributed by atoms with van der Waals surface area (Å²) in [6.45, 7) is 9.19. The van der Waals surface area contributed by atoms with Gasteiger partial charge in [0.05, 0.1) is 13.2 Å². The van der Waals surface area contributed by atoms with Gasteiger partial charge in [-0.3, -0.25) is 4.99 Å². The highest BCUT2D eigenvalue weighted by Gasteiger charge is 2.42. The molecule has 154 valence electrons. The van der Waals surface area contributed by atoms with E-state index in [-0.39, 0.29) is 18.0 Å². The SMILES string of the molecule is CC(C)(C)OC(=O)N1CCN(C(N)=NCC2COC3(CCCCC3)O2)CC1. The standard InChI is InChI=1S/C19H34N4O4/c1-18(2,3)27-17(24)23-11-9-22(10-12-23)16(20)21-13-15-14-25-19(26-15)7-5-4-6-8-19/h15H,4-14H2,1-3H3,(H2,20,21). The number of guanidine groups is 1. The molecule has 1 saturated carbocycles. The van der Waals surface area contributed by atoms with E-state index in [4.69, 9.17) is 19.9 Å². The zero-order valence-electron chi connectivity index (χ0n) is 16.9. The van der Waals surface area contributed by atoms with Crippen molar-refractivity contribution in [3.05, 3.63) is 0 Å². The van der Waals surface area contributed by atoms with E-state index < -0.39 is 5.60 Å². The molecule has 0 aromatic heterocycles. The average molecular weight is 383 g/mol. The number of hydrogen-bond donors (Lipinski definition) is 1. The molecular weight excluding hydrogens is 348 g/mol. The second kappa shape index (κ2) is 8.22. The summed E-state index contributed by atoms with van der Waals surface area (Å²) in [5.41, 5.74) is 5.69. The molecule has 2 aliphatic heterocycles. The van der Waals surface area contributed by atoms with Crippen molar-refractivity contribution in [3.8, 4) is 0 Å². The second-order valence-electron chi connectivity index (χ2n) is 8.68. The first-order chi connectivity index (χ1) is 12.8. The zero-order chi connectivity index (χ0) is 19.5. The molecule has 3 rings (SSSR count). The van der Waals surface area contributed by atoms with Gasteiger partial charge in [0.15, 0.2) is 11.7 Å². The molecule has 2 saturated heterocycles. The molecule has 0 bridgehead atoms. The second-order valence-corrected chi connectivity index (χ2v) is 8.68. The summed E-state index contributed by atoms with van der Waals surface area (Å²) in [6.07, 6.45) is 5.27. The number of aliphatic imine (C=N–C) groups is 1. The molecule has 2 N–H and O–H groups in total. The molecule has 2 heterocycles. The van der Waals surface area contributed by atoms with Crippen LogP contribution in [0.25, 0.3) is 0 Å². The fourth-order valence-electron chi connectivity index (χ4n) is 3.80. The Balaban J connectivity index is 1.43. The van der Waals surface area contributed by atoms with Crippen LogP contribution >= 0.6 is 0 Å². The Morgan fingerprint density at radius 1 is 1.15 bits per heavy atom. The maximum atomic E-state index is 12.1. The first kappa shape index (κ1) is 20.2. The molecule has 0 aromatic rings. The summed E-state index contributed by atoms with van der Waals surface area (Å²) >= 11 is 0. The maximum absolute atomic E-state index is 12.1. The number of carbonyl (C=O) groups is 1. The minimum atomic E-state index is -0.478. The normalized spacial score (nSPS) is 26.5. The minimum absolute atomic E-state index is 0.0234. The number of carbonyl (C=O) groups excluding carboxylic acids is 1. The van der Waals surface area contributed by atoms with E-state index in [9.17, 15) is 4.79 Å². The summed E-state index contributed by atoms with van der Waals surface area (Å²) < 4.78 is 17.5. The number of hydrogen-bond acceptors (Lipinski definition) is 5. The number of nitrogens with two attached hydrogens (primary N) is 1. The Morgan fingerprint density at radius 3 is 2.41 bits per heavy atom. The quantitative estimate of drug-likeness (QED) is 0.580. The fourth-order valence-corrected chi connectivity index (χ4v) is 3.80. The molecule has 0 aromatic carbocycles. The third kappa shape index (κ3) is 5.48. The predicted molar refractivity (Wildman–Crippen MR) is 103 cm³/mol. The lowest BCUT2D eigenvalue weighted by atomic mass is 9.94. The fraction of sp³-hybridized carbons (Fsp3) is 0.895. The van der Waals surface area contributed by atoms with E-state index in [0.717, 1.165) is 12.8 Å². The van der Waals surface area contributed by atoms with E-state index in [0.29, 0.717) is 45.3 Å². The monoisotopic (exact) mass is 382 g/mol. The molecule has 8 heteroatoms. The zero-order valence-corrected chi connectivity index (χ0v) is 16.9. The van der Waals surface area contributed by atoms with Gasteiger partial charge in [0.2, 0.25) is 0 Å². The summed E-state index contributed by atoms with van der Waals surface area (Å²) in [5, 5.41) is 0. The van der Waals surface area contributed by atoms with Gasteiger partial charge in [0.1, 0.15) is 11.7 Å². The van der Waals surface area contributed by atoms with E-state index in [1.165, 1.54) is 19.3 Å².